The van der Waals surface area contributed by atoms with Crippen molar-refractivity contribution in [2.75, 3.05) is 6.54 Å². The van der Waals surface area contributed by atoms with Gasteiger partial charge in [-0.1, -0.05) is 0 Å². The van der Waals surface area contributed by atoms with Crippen LogP contribution in [0.3, 0.4) is 0 Å². The van der Waals surface area contributed by atoms with Crippen LogP contribution in [0, 0.1) is 0 Å². The Balaban J connectivity index is 1.65. The Morgan fingerprint density at radius 2 is 1.73 bits per heavy atom. The molecule has 6 heteroatoms. The fraction of sp³-hybridized carbons (Fsp3) is 0.875. The number of hydrogen-bond donors (Lipinski definition) is 3. The first-order chi connectivity index (χ1) is 10.3. The maximum atomic E-state index is 11.8. The highest BCUT2D eigenvalue weighted by molar-refractivity contribution is 5.76. The van der Waals surface area contributed by atoms with Gasteiger partial charge in [0.05, 0.1) is 0 Å². The van der Waals surface area contributed by atoms with E-state index < -0.39 is 5.60 Å². The number of carbonyl (C=O) groups excluding carboxylic acids is 2. The van der Waals surface area contributed by atoms with Crippen molar-refractivity contribution in [3.8, 4) is 0 Å². The summed E-state index contributed by atoms with van der Waals surface area (Å²) in [5, 5.41) is 9.49. The van der Waals surface area contributed by atoms with Crippen molar-refractivity contribution < 1.29 is 14.3 Å². The second-order valence-electron chi connectivity index (χ2n) is 7.40. The molecule has 22 heavy (non-hydrogen) atoms. The average Bonchev–Trinajstić information content (AvgIpc) is 2.41. The molecule has 0 bridgehead atoms. The maximum Gasteiger partial charge on any atom is 0.407 e. The van der Waals surface area contributed by atoms with Crippen molar-refractivity contribution in [1.82, 2.24) is 16.0 Å². The first kappa shape index (κ1) is 17.1. The molecule has 126 valence electrons. The highest BCUT2D eigenvalue weighted by Crippen LogP contribution is 2.20. The Morgan fingerprint density at radius 3 is 2.27 bits per heavy atom. The molecule has 6 nitrogen and oxygen atoms in total. The van der Waals surface area contributed by atoms with Gasteiger partial charge in [0.1, 0.15) is 5.60 Å². The van der Waals surface area contributed by atoms with Gasteiger partial charge in [-0.15, -0.1) is 0 Å². The molecule has 1 atom stereocenters. The second kappa shape index (κ2) is 7.31. The number of rotatable bonds is 3. The molecular weight excluding hydrogens is 282 g/mol. The zero-order chi connectivity index (χ0) is 16.2. The summed E-state index contributed by atoms with van der Waals surface area (Å²) in [4.78, 5) is 22.9. The second-order valence-corrected chi connectivity index (χ2v) is 7.40. The summed E-state index contributed by atoms with van der Waals surface area (Å²) in [6, 6.07) is 1.08. The molecule has 0 aromatic heterocycles. The number of amides is 2. The van der Waals surface area contributed by atoms with E-state index in [9.17, 15) is 9.59 Å². The van der Waals surface area contributed by atoms with Crippen molar-refractivity contribution in [2.45, 2.75) is 83.0 Å². The Kier molecular flexibility index (Phi) is 5.67. The fourth-order valence-corrected chi connectivity index (χ4v) is 3.09. The summed E-state index contributed by atoms with van der Waals surface area (Å²) in [5.41, 5.74) is -0.450. The lowest BCUT2D eigenvalue weighted by molar-refractivity contribution is -0.122. The van der Waals surface area contributed by atoms with Gasteiger partial charge >= 0.3 is 6.09 Å². The van der Waals surface area contributed by atoms with Crippen molar-refractivity contribution in [2.24, 2.45) is 0 Å². The van der Waals surface area contributed by atoms with Gasteiger partial charge in [0, 0.05) is 31.1 Å². The van der Waals surface area contributed by atoms with Crippen LogP contribution in [0.4, 0.5) is 4.79 Å². The topological polar surface area (TPSA) is 79.5 Å². The minimum atomic E-state index is -0.450. The summed E-state index contributed by atoms with van der Waals surface area (Å²) in [6.07, 6.45) is 5.25. The zero-order valence-corrected chi connectivity index (χ0v) is 13.9. The van der Waals surface area contributed by atoms with Gasteiger partial charge in [-0.05, 0) is 52.9 Å². The molecule has 1 heterocycles. The van der Waals surface area contributed by atoms with Crippen LogP contribution in [0.25, 0.3) is 0 Å². The van der Waals surface area contributed by atoms with E-state index in [1.165, 1.54) is 0 Å². The molecule has 3 N–H and O–H groups in total. The summed E-state index contributed by atoms with van der Waals surface area (Å²) in [6.45, 7) is 6.35. The van der Waals surface area contributed by atoms with E-state index in [0.717, 1.165) is 38.6 Å². The minimum Gasteiger partial charge on any atom is -0.444 e. The van der Waals surface area contributed by atoms with Gasteiger partial charge < -0.3 is 20.7 Å². The molecule has 2 fully saturated rings. The molecule has 2 amide bonds. The van der Waals surface area contributed by atoms with Crippen LogP contribution in [0.5, 0.6) is 0 Å². The predicted molar refractivity (Wildman–Crippen MR) is 84.6 cm³/mol. The first-order valence-electron chi connectivity index (χ1n) is 8.34. The summed E-state index contributed by atoms with van der Waals surface area (Å²) in [5.74, 6) is 0.156. The molecule has 1 unspecified atom stereocenters. The third-order valence-corrected chi connectivity index (χ3v) is 4.18. The van der Waals surface area contributed by atoms with Crippen LogP contribution in [0.15, 0.2) is 0 Å². The summed E-state index contributed by atoms with van der Waals surface area (Å²) < 4.78 is 5.29. The Bertz CT molecular complexity index is 388. The molecule has 0 spiro atoms. The van der Waals surface area contributed by atoms with E-state index in [1.54, 1.807) is 0 Å². The summed E-state index contributed by atoms with van der Waals surface area (Å²) >= 11 is 0. The highest BCUT2D eigenvalue weighted by Gasteiger charge is 2.27. The highest BCUT2D eigenvalue weighted by atomic mass is 16.6. The molecule has 1 aliphatic carbocycles. The average molecular weight is 311 g/mol. The normalized spacial score (nSPS) is 29.6. The van der Waals surface area contributed by atoms with E-state index in [4.69, 9.17) is 4.74 Å². The van der Waals surface area contributed by atoms with Gasteiger partial charge in [0.25, 0.3) is 0 Å². The van der Waals surface area contributed by atoms with Crippen molar-refractivity contribution in [3.05, 3.63) is 0 Å². The van der Waals surface area contributed by atoms with Crippen LogP contribution in [-0.4, -0.2) is 42.3 Å². The zero-order valence-electron chi connectivity index (χ0n) is 13.9. The molecule has 2 rings (SSSR count). The van der Waals surface area contributed by atoms with Crippen LogP contribution in [0.1, 0.15) is 59.3 Å². The number of ether oxygens (including phenoxy) is 1. The first-order valence-corrected chi connectivity index (χ1v) is 8.34. The molecule has 2 aliphatic rings. The third-order valence-electron chi connectivity index (χ3n) is 4.18. The largest absolute Gasteiger partial charge is 0.444 e. The number of carbonyl (C=O) groups is 2. The Hall–Kier alpha value is -1.30. The lowest BCUT2D eigenvalue weighted by Crippen LogP contribution is -2.51. The van der Waals surface area contributed by atoms with E-state index in [0.29, 0.717) is 18.5 Å². The molecule has 1 saturated heterocycles. The van der Waals surface area contributed by atoms with Gasteiger partial charge in [0.15, 0.2) is 0 Å². The molecule has 1 saturated carbocycles. The van der Waals surface area contributed by atoms with Crippen molar-refractivity contribution >= 4 is 12.0 Å². The van der Waals surface area contributed by atoms with Crippen LogP contribution in [0.2, 0.25) is 0 Å². The van der Waals surface area contributed by atoms with Gasteiger partial charge in [0.2, 0.25) is 5.91 Å². The van der Waals surface area contributed by atoms with E-state index in [2.05, 4.69) is 16.0 Å². The molecule has 0 aromatic rings. The van der Waals surface area contributed by atoms with Crippen LogP contribution < -0.4 is 16.0 Å². The monoisotopic (exact) mass is 311 g/mol. The smallest absolute Gasteiger partial charge is 0.407 e. The molecule has 1 aliphatic heterocycles. The van der Waals surface area contributed by atoms with Crippen LogP contribution >= 0.6 is 0 Å². The lowest BCUT2D eigenvalue weighted by atomic mass is 9.90. The number of alkyl carbamates (subject to hydrolysis) is 1. The Labute approximate surface area is 132 Å². The maximum absolute atomic E-state index is 11.8. The van der Waals surface area contributed by atoms with E-state index in [-0.39, 0.29) is 18.0 Å². The van der Waals surface area contributed by atoms with Crippen molar-refractivity contribution in [1.29, 1.82) is 0 Å². The molecule has 0 radical (unpaired) electrons. The predicted octanol–water partition coefficient (Wildman–Crippen LogP) is 1.69. The van der Waals surface area contributed by atoms with E-state index in [1.807, 2.05) is 20.8 Å². The minimum absolute atomic E-state index is 0.156. The van der Waals surface area contributed by atoms with Gasteiger partial charge in [-0.3, -0.25) is 4.79 Å². The Morgan fingerprint density at radius 1 is 1.09 bits per heavy atom. The number of nitrogens with one attached hydrogen (secondary N) is 3. The van der Waals surface area contributed by atoms with Crippen LogP contribution in [-0.2, 0) is 9.53 Å². The van der Waals surface area contributed by atoms with Crippen molar-refractivity contribution in [3.63, 3.8) is 0 Å². The molecular formula is C16H29N3O3. The van der Waals surface area contributed by atoms with E-state index >= 15 is 0 Å². The molecule has 0 aromatic carbocycles. The summed E-state index contributed by atoms with van der Waals surface area (Å²) in [7, 11) is 0. The van der Waals surface area contributed by atoms with Gasteiger partial charge in [-0.2, -0.15) is 0 Å². The quantitative estimate of drug-likeness (QED) is 0.741. The number of piperidine rings is 1. The third kappa shape index (κ3) is 5.83. The fourth-order valence-electron chi connectivity index (χ4n) is 3.09. The lowest BCUT2D eigenvalue weighted by Gasteiger charge is -2.34. The standard InChI is InChI=1S/C16H29N3O3/c1-16(2,3)22-15(21)19-12-6-4-11(5-7-12)18-13-8-9-14(20)17-10-13/h11-13,18H,4-10H2,1-3H3,(H,17,20)(H,19,21). The van der Waals surface area contributed by atoms with Gasteiger partial charge in [-0.25, -0.2) is 4.79 Å². The number of hydrogen-bond acceptors (Lipinski definition) is 4. The SMILES string of the molecule is CC(C)(C)OC(=O)NC1CCC(NC2CCC(=O)NC2)CC1.